The van der Waals surface area contributed by atoms with E-state index in [0.29, 0.717) is 6.42 Å². The summed E-state index contributed by atoms with van der Waals surface area (Å²) in [6, 6.07) is 7.77. The third-order valence-electron chi connectivity index (χ3n) is 3.25. The van der Waals surface area contributed by atoms with Gasteiger partial charge in [0.25, 0.3) is 0 Å². The molecule has 0 aliphatic carbocycles. The highest BCUT2D eigenvalue weighted by Gasteiger charge is 2.14. The Hall–Kier alpha value is -2.10. The fourth-order valence-corrected chi connectivity index (χ4v) is 2.30. The summed E-state index contributed by atoms with van der Waals surface area (Å²) in [5.41, 5.74) is 4.00. The molecule has 0 unspecified atom stereocenters. The minimum absolute atomic E-state index is 0.128. The Kier molecular flexibility index (Phi) is 2.63. The maximum absolute atomic E-state index is 12.2. The summed E-state index contributed by atoms with van der Waals surface area (Å²) in [6.45, 7) is 0.965. The lowest BCUT2D eigenvalue weighted by molar-refractivity contribution is 0.0992. The molecule has 0 atom stereocenters. The topological polar surface area (TPSA) is 46.9 Å². The third-order valence-corrected chi connectivity index (χ3v) is 3.25. The Balaban J connectivity index is 1.80. The fourth-order valence-electron chi connectivity index (χ4n) is 2.30. The van der Waals surface area contributed by atoms with E-state index in [0.717, 1.165) is 29.9 Å². The van der Waals surface area contributed by atoms with Crippen molar-refractivity contribution in [2.24, 2.45) is 7.05 Å². The van der Waals surface area contributed by atoms with Crippen LogP contribution in [0.3, 0.4) is 0 Å². The zero-order chi connectivity index (χ0) is 12.5. The summed E-state index contributed by atoms with van der Waals surface area (Å²) in [4.78, 5) is 12.2. The average molecular weight is 241 g/mol. The first-order valence-electron chi connectivity index (χ1n) is 6.11. The Morgan fingerprint density at radius 2 is 2.33 bits per heavy atom. The second kappa shape index (κ2) is 4.29. The van der Waals surface area contributed by atoms with E-state index in [-0.39, 0.29) is 5.78 Å². The molecule has 0 saturated heterocycles. The smallest absolute Gasteiger partial charge is 0.168 e. The van der Waals surface area contributed by atoms with Crippen LogP contribution in [-0.2, 0) is 19.9 Å². The number of Topliss-reactive ketones (excluding diaryl/α,β-unsaturated/α-hetero) is 1. The van der Waals surface area contributed by atoms with Gasteiger partial charge in [0.15, 0.2) is 5.78 Å². The molecule has 0 bridgehead atoms. The zero-order valence-corrected chi connectivity index (χ0v) is 10.3. The van der Waals surface area contributed by atoms with Gasteiger partial charge in [-0.25, -0.2) is 0 Å². The molecular formula is C14H15N3O. The summed E-state index contributed by atoms with van der Waals surface area (Å²) < 4.78 is 1.72. The summed E-state index contributed by atoms with van der Waals surface area (Å²) in [7, 11) is 1.86. The van der Waals surface area contributed by atoms with Crippen molar-refractivity contribution >= 4 is 11.5 Å². The fraction of sp³-hybridized carbons (Fsp3) is 0.286. The van der Waals surface area contributed by atoms with Crippen LogP contribution in [0.2, 0.25) is 0 Å². The second-order valence-electron chi connectivity index (χ2n) is 4.63. The van der Waals surface area contributed by atoms with Crippen molar-refractivity contribution < 1.29 is 4.79 Å². The molecule has 1 N–H and O–H groups in total. The molecule has 2 heterocycles. The molecule has 2 aromatic rings. The van der Waals surface area contributed by atoms with Gasteiger partial charge < -0.3 is 5.32 Å². The second-order valence-corrected chi connectivity index (χ2v) is 4.63. The van der Waals surface area contributed by atoms with Gasteiger partial charge in [0.05, 0.1) is 12.1 Å². The molecule has 0 saturated carbocycles. The van der Waals surface area contributed by atoms with Crippen LogP contribution < -0.4 is 5.32 Å². The number of rotatable bonds is 3. The molecule has 1 aliphatic rings. The number of anilines is 1. The van der Waals surface area contributed by atoms with E-state index in [9.17, 15) is 4.79 Å². The number of nitrogens with one attached hydrogen (secondary N) is 1. The van der Waals surface area contributed by atoms with Crippen molar-refractivity contribution in [3.05, 3.63) is 47.3 Å². The average Bonchev–Trinajstić information content (AvgIpc) is 2.96. The number of nitrogens with zero attached hydrogens (tertiary/aromatic N) is 2. The predicted molar refractivity (Wildman–Crippen MR) is 69.9 cm³/mol. The largest absolute Gasteiger partial charge is 0.384 e. The number of carbonyl (C=O) groups excluding carboxylic acids is 1. The van der Waals surface area contributed by atoms with Crippen molar-refractivity contribution in [3.8, 4) is 0 Å². The summed E-state index contributed by atoms with van der Waals surface area (Å²) in [6.07, 6.45) is 3.22. The van der Waals surface area contributed by atoms with E-state index in [1.54, 1.807) is 4.68 Å². The first-order chi connectivity index (χ1) is 8.72. The highest BCUT2D eigenvalue weighted by atomic mass is 16.1. The van der Waals surface area contributed by atoms with E-state index in [1.165, 1.54) is 5.56 Å². The van der Waals surface area contributed by atoms with Gasteiger partial charge in [0, 0.05) is 31.0 Å². The molecule has 1 aromatic heterocycles. The molecule has 18 heavy (non-hydrogen) atoms. The van der Waals surface area contributed by atoms with Crippen molar-refractivity contribution in [1.29, 1.82) is 0 Å². The van der Waals surface area contributed by atoms with Gasteiger partial charge in [0.2, 0.25) is 0 Å². The summed E-state index contributed by atoms with van der Waals surface area (Å²) in [5, 5.41) is 7.52. The van der Waals surface area contributed by atoms with Crippen molar-refractivity contribution in [2.45, 2.75) is 12.8 Å². The molecule has 3 rings (SSSR count). The quantitative estimate of drug-likeness (QED) is 0.834. The Morgan fingerprint density at radius 1 is 1.44 bits per heavy atom. The molecule has 1 aliphatic heterocycles. The zero-order valence-electron chi connectivity index (χ0n) is 10.3. The lowest BCUT2D eigenvalue weighted by Crippen LogP contribution is -2.05. The highest BCUT2D eigenvalue weighted by Crippen LogP contribution is 2.23. The lowest BCUT2D eigenvalue weighted by atomic mass is 10.0. The van der Waals surface area contributed by atoms with Crippen LogP contribution in [0.25, 0.3) is 0 Å². The maximum Gasteiger partial charge on any atom is 0.168 e. The normalized spacial score (nSPS) is 13.2. The molecule has 0 fully saturated rings. The SMILES string of the molecule is Cn1ccc(CC(=O)c2ccc3c(c2)CCN3)n1. The van der Waals surface area contributed by atoms with E-state index in [2.05, 4.69) is 10.4 Å². The van der Waals surface area contributed by atoms with Crippen LogP contribution in [0.1, 0.15) is 21.6 Å². The van der Waals surface area contributed by atoms with Gasteiger partial charge in [-0.3, -0.25) is 9.48 Å². The van der Waals surface area contributed by atoms with E-state index in [4.69, 9.17) is 0 Å². The number of benzene rings is 1. The number of hydrogen-bond acceptors (Lipinski definition) is 3. The van der Waals surface area contributed by atoms with Crippen molar-refractivity contribution in [2.75, 3.05) is 11.9 Å². The Labute approximate surface area is 106 Å². The number of aromatic nitrogens is 2. The summed E-state index contributed by atoms with van der Waals surface area (Å²) in [5.74, 6) is 0.128. The Bertz CT molecular complexity index is 601. The monoisotopic (exact) mass is 241 g/mol. The van der Waals surface area contributed by atoms with Gasteiger partial charge in [-0.2, -0.15) is 5.10 Å². The number of ketones is 1. The third kappa shape index (κ3) is 2.01. The van der Waals surface area contributed by atoms with Gasteiger partial charge >= 0.3 is 0 Å². The van der Waals surface area contributed by atoms with Crippen LogP contribution in [-0.4, -0.2) is 22.1 Å². The van der Waals surface area contributed by atoms with Crippen LogP contribution >= 0.6 is 0 Å². The molecule has 4 nitrogen and oxygen atoms in total. The predicted octanol–water partition coefficient (Wildman–Crippen LogP) is 1.81. The van der Waals surface area contributed by atoms with E-state index < -0.39 is 0 Å². The number of fused-ring (bicyclic) bond motifs is 1. The minimum atomic E-state index is 0.128. The van der Waals surface area contributed by atoms with Crippen LogP contribution in [0, 0.1) is 0 Å². The molecule has 92 valence electrons. The van der Waals surface area contributed by atoms with Gasteiger partial charge in [-0.15, -0.1) is 0 Å². The van der Waals surface area contributed by atoms with Crippen LogP contribution in [0.4, 0.5) is 5.69 Å². The van der Waals surface area contributed by atoms with Crippen molar-refractivity contribution in [1.82, 2.24) is 9.78 Å². The molecule has 0 spiro atoms. The van der Waals surface area contributed by atoms with E-state index >= 15 is 0 Å². The molecule has 0 radical (unpaired) electrons. The Morgan fingerprint density at radius 3 is 3.11 bits per heavy atom. The molecule has 1 aromatic carbocycles. The lowest BCUT2D eigenvalue weighted by Gasteiger charge is -2.03. The molecule has 0 amide bonds. The summed E-state index contributed by atoms with van der Waals surface area (Å²) >= 11 is 0. The van der Waals surface area contributed by atoms with Crippen LogP contribution in [0.15, 0.2) is 30.5 Å². The first-order valence-corrected chi connectivity index (χ1v) is 6.11. The van der Waals surface area contributed by atoms with Crippen molar-refractivity contribution in [3.63, 3.8) is 0 Å². The van der Waals surface area contributed by atoms with E-state index in [1.807, 2.05) is 37.5 Å². The van der Waals surface area contributed by atoms with Gasteiger partial charge in [-0.05, 0) is 36.2 Å². The van der Waals surface area contributed by atoms with Gasteiger partial charge in [-0.1, -0.05) is 0 Å². The highest BCUT2D eigenvalue weighted by molar-refractivity contribution is 5.98. The molecule has 4 heteroatoms. The maximum atomic E-state index is 12.2. The van der Waals surface area contributed by atoms with Crippen LogP contribution in [0.5, 0.6) is 0 Å². The first kappa shape index (κ1) is 11.0. The number of carbonyl (C=O) groups is 1. The van der Waals surface area contributed by atoms with Gasteiger partial charge in [0.1, 0.15) is 0 Å². The molecular weight excluding hydrogens is 226 g/mol. The number of aryl methyl sites for hydroxylation is 1. The minimum Gasteiger partial charge on any atom is -0.384 e. The number of hydrogen-bond donors (Lipinski definition) is 1. The standard InChI is InChI=1S/C14H15N3O/c1-17-7-5-12(16-17)9-14(18)11-2-3-13-10(8-11)4-6-15-13/h2-3,5,7-8,15H,4,6,9H2,1H3.